The van der Waals surface area contributed by atoms with E-state index in [1.807, 2.05) is 29.5 Å². The lowest BCUT2D eigenvalue weighted by atomic mass is 10.3. The third kappa shape index (κ3) is 4.08. The maximum Gasteiger partial charge on any atom is 0.0762 e. The normalized spacial score (nSPS) is 10.8. The molecule has 2 heterocycles. The van der Waals surface area contributed by atoms with E-state index in [9.17, 15) is 0 Å². The highest BCUT2D eigenvalue weighted by Crippen LogP contribution is 2.05. The molecule has 5 nitrogen and oxygen atoms in total. The molecule has 1 N–H and O–H groups in total. The van der Waals surface area contributed by atoms with Gasteiger partial charge in [-0.3, -0.25) is 9.36 Å². The van der Waals surface area contributed by atoms with E-state index in [0.29, 0.717) is 6.04 Å². The van der Waals surface area contributed by atoms with Gasteiger partial charge in [-0.05, 0) is 32.9 Å². The molecule has 0 aromatic carbocycles. The number of halogens is 1. The zero-order chi connectivity index (χ0) is 13.1. The number of nitrogens with one attached hydrogen (secondary N) is 1. The van der Waals surface area contributed by atoms with Gasteiger partial charge in [-0.25, -0.2) is 0 Å². The largest absolute Gasteiger partial charge is 0.305 e. The van der Waals surface area contributed by atoms with Crippen LogP contribution in [0.25, 0.3) is 0 Å². The van der Waals surface area contributed by atoms with Crippen molar-refractivity contribution in [1.82, 2.24) is 24.9 Å². The van der Waals surface area contributed by atoms with E-state index in [1.54, 1.807) is 0 Å². The van der Waals surface area contributed by atoms with Crippen molar-refractivity contribution in [3.8, 4) is 0 Å². The van der Waals surface area contributed by atoms with Crippen molar-refractivity contribution in [2.75, 3.05) is 0 Å². The second-order valence-corrected chi connectivity index (χ2v) is 4.89. The van der Waals surface area contributed by atoms with Crippen LogP contribution in [0.15, 0.2) is 18.3 Å². The molecule has 0 unspecified atom stereocenters. The highest BCUT2D eigenvalue weighted by Gasteiger charge is 2.04. The van der Waals surface area contributed by atoms with Crippen LogP contribution in [-0.4, -0.2) is 19.6 Å². The number of aryl methyl sites for hydroxylation is 2. The third-order valence-electron chi connectivity index (χ3n) is 2.90. The van der Waals surface area contributed by atoms with Crippen LogP contribution >= 0.6 is 12.4 Å². The lowest BCUT2D eigenvalue weighted by molar-refractivity contribution is 0.520. The standard InChI is InChI=1S/C13H21N5.ClH/c1-10(2)18-6-5-12(16-18)8-14-9-13-7-11(3)15-17(13)4;/h5-7,10,14H,8-9H2,1-4H3;1H. The Morgan fingerprint density at radius 1 is 1.26 bits per heavy atom. The Labute approximate surface area is 120 Å². The topological polar surface area (TPSA) is 47.7 Å². The first-order valence-electron chi connectivity index (χ1n) is 6.30. The smallest absolute Gasteiger partial charge is 0.0762 e. The average molecular weight is 284 g/mol. The summed E-state index contributed by atoms with van der Waals surface area (Å²) in [6, 6.07) is 4.57. The molecule has 0 bridgehead atoms. The van der Waals surface area contributed by atoms with Gasteiger partial charge in [-0.1, -0.05) is 0 Å². The van der Waals surface area contributed by atoms with Crippen molar-refractivity contribution in [2.45, 2.75) is 39.9 Å². The predicted octanol–water partition coefficient (Wildman–Crippen LogP) is 2.22. The number of aromatic nitrogens is 4. The van der Waals surface area contributed by atoms with Crippen molar-refractivity contribution in [3.63, 3.8) is 0 Å². The molecule has 0 atom stereocenters. The minimum absolute atomic E-state index is 0. The highest BCUT2D eigenvalue weighted by atomic mass is 35.5. The second-order valence-electron chi connectivity index (χ2n) is 4.89. The lowest BCUT2D eigenvalue weighted by Gasteiger charge is -2.05. The summed E-state index contributed by atoms with van der Waals surface area (Å²) in [6.07, 6.45) is 2.02. The first-order valence-corrected chi connectivity index (χ1v) is 6.30. The molecule has 6 heteroatoms. The molecule has 0 radical (unpaired) electrons. The number of hydrogen-bond donors (Lipinski definition) is 1. The minimum Gasteiger partial charge on any atom is -0.305 e. The summed E-state index contributed by atoms with van der Waals surface area (Å²) in [5.74, 6) is 0. The minimum atomic E-state index is 0. The van der Waals surface area contributed by atoms with Gasteiger partial charge < -0.3 is 5.32 Å². The van der Waals surface area contributed by atoms with Crippen LogP contribution in [0.1, 0.15) is 37.0 Å². The maximum atomic E-state index is 4.50. The van der Waals surface area contributed by atoms with Gasteiger partial charge in [0.25, 0.3) is 0 Å². The molecule has 0 saturated heterocycles. The number of hydrogen-bond acceptors (Lipinski definition) is 3. The van der Waals surface area contributed by atoms with Crippen LogP contribution < -0.4 is 5.32 Å². The number of rotatable bonds is 5. The summed E-state index contributed by atoms with van der Waals surface area (Å²) in [5.41, 5.74) is 3.32. The molecule has 2 aromatic heterocycles. The van der Waals surface area contributed by atoms with Crippen molar-refractivity contribution >= 4 is 12.4 Å². The zero-order valence-electron chi connectivity index (χ0n) is 11.9. The van der Waals surface area contributed by atoms with E-state index in [2.05, 4.69) is 41.5 Å². The van der Waals surface area contributed by atoms with Crippen LogP contribution in [-0.2, 0) is 20.1 Å². The average Bonchev–Trinajstić information content (AvgIpc) is 2.87. The van der Waals surface area contributed by atoms with Gasteiger partial charge in [0.2, 0.25) is 0 Å². The van der Waals surface area contributed by atoms with E-state index in [0.717, 1.165) is 24.5 Å². The van der Waals surface area contributed by atoms with Crippen molar-refractivity contribution in [1.29, 1.82) is 0 Å². The zero-order valence-corrected chi connectivity index (χ0v) is 12.7. The summed E-state index contributed by atoms with van der Waals surface area (Å²) in [7, 11) is 1.97. The fraction of sp³-hybridized carbons (Fsp3) is 0.538. The first kappa shape index (κ1) is 15.7. The molecular formula is C13H22ClN5. The van der Waals surface area contributed by atoms with Crippen LogP contribution in [0.2, 0.25) is 0 Å². The molecule has 0 fully saturated rings. The van der Waals surface area contributed by atoms with Gasteiger partial charge in [0.1, 0.15) is 0 Å². The van der Waals surface area contributed by atoms with Crippen LogP contribution in [0.5, 0.6) is 0 Å². The van der Waals surface area contributed by atoms with Gasteiger partial charge in [-0.2, -0.15) is 10.2 Å². The van der Waals surface area contributed by atoms with E-state index >= 15 is 0 Å². The molecule has 0 amide bonds. The fourth-order valence-electron chi connectivity index (χ4n) is 1.91. The summed E-state index contributed by atoms with van der Waals surface area (Å²) in [5, 5.41) is 12.2. The van der Waals surface area contributed by atoms with Crippen molar-refractivity contribution < 1.29 is 0 Å². The molecule has 0 aliphatic carbocycles. The van der Waals surface area contributed by atoms with E-state index < -0.39 is 0 Å². The SMILES string of the molecule is Cc1cc(CNCc2ccn(C(C)C)n2)n(C)n1.Cl. The Hall–Kier alpha value is -1.33. The second kappa shape index (κ2) is 6.73. The van der Waals surface area contributed by atoms with Gasteiger partial charge >= 0.3 is 0 Å². The Morgan fingerprint density at radius 3 is 2.53 bits per heavy atom. The Kier molecular flexibility index (Phi) is 5.57. The Balaban J connectivity index is 0.00000180. The monoisotopic (exact) mass is 283 g/mol. The fourth-order valence-corrected chi connectivity index (χ4v) is 1.91. The van der Waals surface area contributed by atoms with Gasteiger partial charge in [-0.15, -0.1) is 12.4 Å². The van der Waals surface area contributed by atoms with Crippen molar-refractivity contribution in [2.24, 2.45) is 7.05 Å². The number of nitrogens with zero attached hydrogens (tertiary/aromatic N) is 4. The molecule has 2 aromatic rings. The van der Waals surface area contributed by atoms with E-state index in [4.69, 9.17) is 0 Å². The molecule has 106 valence electrons. The molecule has 2 rings (SSSR count). The molecule has 0 saturated carbocycles. The van der Waals surface area contributed by atoms with E-state index in [-0.39, 0.29) is 12.4 Å². The predicted molar refractivity (Wildman–Crippen MR) is 78.3 cm³/mol. The van der Waals surface area contributed by atoms with Gasteiger partial charge in [0, 0.05) is 32.4 Å². The highest BCUT2D eigenvalue weighted by molar-refractivity contribution is 5.85. The van der Waals surface area contributed by atoms with Crippen LogP contribution in [0, 0.1) is 6.92 Å². The summed E-state index contributed by atoms with van der Waals surface area (Å²) in [6.45, 7) is 7.86. The summed E-state index contributed by atoms with van der Waals surface area (Å²) in [4.78, 5) is 0. The quantitative estimate of drug-likeness (QED) is 0.915. The van der Waals surface area contributed by atoms with Crippen molar-refractivity contribution in [3.05, 3.63) is 35.4 Å². The third-order valence-corrected chi connectivity index (χ3v) is 2.90. The van der Waals surface area contributed by atoms with Gasteiger partial charge in [0.05, 0.1) is 17.1 Å². The molecular weight excluding hydrogens is 262 g/mol. The maximum absolute atomic E-state index is 4.50. The molecule has 0 aliphatic heterocycles. The summed E-state index contributed by atoms with van der Waals surface area (Å²) < 4.78 is 3.89. The van der Waals surface area contributed by atoms with Crippen LogP contribution in [0.3, 0.4) is 0 Å². The summed E-state index contributed by atoms with van der Waals surface area (Å²) >= 11 is 0. The molecule has 0 spiro atoms. The Morgan fingerprint density at radius 2 is 2.00 bits per heavy atom. The van der Waals surface area contributed by atoms with E-state index in [1.165, 1.54) is 5.69 Å². The molecule has 0 aliphatic rings. The van der Waals surface area contributed by atoms with Gasteiger partial charge in [0.15, 0.2) is 0 Å². The molecule has 19 heavy (non-hydrogen) atoms. The first-order chi connectivity index (χ1) is 8.56. The Bertz CT molecular complexity index is 515. The van der Waals surface area contributed by atoms with Crippen LogP contribution in [0.4, 0.5) is 0 Å². The lowest BCUT2D eigenvalue weighted by Crippen LogP contribution is -2.16.